The molecule has 0 aliphatic heterocycles. The van der Waals surface area contributed by atoms with Crippen molar-refractivity contribution in [2.75, 3.05) is 19.5 Å². The van der Waals surface area contributed by atoms with Gasteiger partial charge in [-0.2, -0.15) is 5.10 Å². The second kappa shape index (κ2) is 8.66. The molecular formula is C23H23N7O. The number of nitrogens with one attached hydrogen (secondary N) is 1. The zero-order chi connectivity index (χ0) is 21.8. The number of aryl methyl sites for hydroxylation is 1. The molecular weight excluding hydrogens is 390 g/mol. The summed E-state index contributed by atoms with van der Waals surface area (Å²) in [6.45, 7) is 0. The molecule has 0 fully saturated rings. The molecule has 0 radical (unpaired) electrons. The van der Waals surface area contributed by atoms with E-state index in [1.54, 1.807) is 37.4 Å². The van der Waals surface area contributed by atoms with Gasteiger partial charge >= 0.3 is 0 Å². The van der Waals surface area contributed by atoms with Crippen LogP contribution in [0.5, 0.6) is 5.75 Å². The fraction of sp³-hybridized carbons (Fsp3) is 0.130. The van der Waals surface area contributed by atoms with Crippen LogP contribution in [-0.2, 0) is 7.05 Å². The molecule has 0 unspecified atom stereocenters. The average Bonchev–Trinajstić information content (AvgIpc) is 3.23. The van der Waals surface area contributed by atoms with Crippen LogP contribution >= 0.6 is 0 Å². The summed E-state index contributed by atoms with van der Waals surface area (Å²) in [5, 5.41) is 9.45. The Morgan fingerprint density at radius 1 is 1.16 bits per heavy atom. The van der Waals surface area contributed by atoms with Gasteiger partial charge in [0.05, 0.1) is 24.7 Å². The third-order valence-electron chi connectivity index (χ3n) is 4.87. The summed E-state index contributed by atoms with van der Waals surface area (Å²) >= 11 is 0. The number of nitrogens with two attached hydrogens (primary N) is 1. The maximum Gasteiger partial charge on any atom is 0.142 e. The molecule has 0 aliphatic rings. The first-order valence-corrected chi connectivity index (χ1v) is 9.66. The molecule has 8 nitrogen and oxygen atoms in total. The molecule has 156 valence electrons. The minimum absolute atomic E-state index is 0.666. The average molecular weight is 413 g/mol. The molecule has 1 aromatic carbocycles. The van der Waals surface area contributed by atoms with Gasteiger partial charge in [0.25, 0.3) is 0 Å². The Balaban J connectivity index is 1.71. The van der Waals surface area contributed by atoms with Gasteiger partial charge in [0.15, 0.2) is 0 Å². The lowest BCUT2D eigenvalue weighted by molar-refractivity contribution is 0.417. The minimum Gasteiger partial charge on any atom is -0.495 e. The van der Waals surface area contributed by atoms with Crippen LogP contribution in [0.1, 0.15) is 5.69 Å². The summed E-state index contributed by atoms with van der Waals surface area (Å²) in [4.78, 5) is 13.1. The van der Waals surface area contributed by atoms with Gasteiger partial charge in [0, 0.05) is 67.0 Å². The molecule has 4 rings (SSSR count). The van der Waals surface area contributed by atoms with Crippen molar-refractivity contribution in [2.45, 2.75) is 0 Å². The molecule has 3 aromatic heterocycles. The van der Waals surface area contributed by atoms with Gasteiger partial charge < -0.3 is 15.8 Å². The zero-order valence-electron chi connectivity index (χ0n) is 17.6. The van der Waals surface area contributed by atoms with Gasteiger partial charge in [-0.1, -0.05) is 6.07 Å². The van der Waals surface area contributed by atoms with Crippen molar-refractivity contribution < 1.29 is 4.74 Å². The number of methoxy groups -OCH3 is 1. The topological polar surface area (TPSA) is 103 Å². The maximum absolute atomic E-state index is 5.80. The lowest BCUT2D eigenvalue weighted by atomic mass is 10.1. The zero-order valence-corrected chi connectivity index (χ0v) is 17.6. The maximum atomic E-state index is 5.80. The molecule has 3 N–H and O–H groups in total. The van der Waals surface area contributed by atoms with E-state index in [0.29, 0.717) is 11.6 Å². The number of nitrogens with zero attached hydrogens (tertiary/aromatic N) is 5. The fourth-order valence-electron chi connectivity index (χ4n) is 3.37. The normalized spacial score (nSPS) is 11.9. The quantitative estimate of drug-likeness (QED) is 0.466. The molecule has 0 aliphatic carbocycles. The van der Waals surface area contributed by atoms with E-state index < -0.39 is 0 Å². The van der Waals surface area contributed by atoms with E-state index in [4.69, 9.17) is 10.5 Å². The predicted octanol–water partition coefficient (Wildman–Crippen LogP) is 3.78. The number of fused-ring (bicyclic) bond motifs is 1. The monoisotopic (exact) mass is 413 g/mol. The molecule has 3 heterocycles. The van der Waals surface area contributed by atoms with Crippen molar-refractivity contribution in [1.82, 2.24) is 19.7 Å². The van der Waals surface area contributed by atoms with Crippen LogP contribution < -0.4 is 15.8 Å². The van der Waals surface area contributed by atoms with Crippen LogP contribution in [0.3, 0.4) is 0 Å². The second-order valence-corrected chi connectivity index (χ2v) is 6.90. The smallest absolute Gasteiger partial charge is 0.142 e. The lowest BCUT2D eigenvalue weighted by Crippen LogP contribution is -1.99. The lowest BCUT2D eigenvalue weighted by Gasteiger charge is -2.13. The molecule has 4 aromatic rings. The molecule has 0 bridgehead atoms. The fourth-order valence-corrected chi connectivity index (χ4v) is 3.37. The third kappa shape index (κ3) is 4.09. The minimum atomic E-state index is 0.666. The van der Waals surface area contributed by atoms with E-state index in [1.807, 2.05) is 49.8 Å². The van der Waals surface area contributed by atoms with E-state index in [1.165, 1.54) is 6.20 Å². The molecule has 8 heteroatoms. The van der Waals surface area contributed by atoms with Gasteiger partial charge in [-0.05, 0) is 29.8 Å². The highest BCUT2D eigenvalue weighted by Crippen LogP contribution is 2.33. The van der Waals surface area contributed by atoms with Crippen LogP contribution in [-0.4, -0.2) is 40.1 Å². The van der Waals surface area contributed by atoms with Gasteiger partial charge in [0.1, 0.15) is 11.6 Å². The van der Waals surface area contributed by atoms with Crippen LogP contribution in [0.25, 0.3) is 27.5 Å². The van der Waals surface area contributed by atoms with Crippen LogP contribution in [0.4, 0.5) is 11.5 Å². The summed E-state index contributed by atoms with van der Waals surface area (Å²) in [7, 11) is 5.24. The van der Waals surface area contributed by atoms with Crippen molar-refractivity contribution in [2.24, 2.45) is 17.8 Å². The number of allylic oxidation sites excluding steroid dienone is 1. The first kappa shape index (κ1) is 20.1. The number of rotatable bonds is 6. The summed E-state index contributed by atoms with van der Waals surface area (Å²) < 4.78 is 7.38. The first-order chi connectivity index (χ1) is 15.1. The first-order valence-electron chi connectivity index (χ1n) is 9.66. The van der Waals surface area contributed by atoms with Gasteiger partial charge in [-0.3, -0.25) is 14.7 Å². The summed E-state index contributed by atoms with van der Waals surface area (Å²) in [5.41, 5.74) is 10.1. The number of pyridine rings is 2. The van der Waals surface area contributed by atoms with Gasteiger partial charge in [0.2, 0.25) is 0 Å². The molecule has 0 saturated heterocycles. The number of anilines is 2. The Labute approximate surface area is 180 Å². The van der Waals surface area contributed by atoms with E-state index in [-0.39, 0.29) is 0 Å². The van der Waals surface area contributed by atoms with Crippen molar-refractivity contribution >= 4 is 34.1 Å². The van der Waals surface area contributed by atoms with Gasteiger partial charge in [-0.25, -0.2) is 4.98 Å². The van der Waals surface area contributed by atoms with Crippen LogP contribution in [0.2, 0.25) is 0 Å². The number of aliphatic imine (C=N–C) groups is 1. The third-order valence-corrected chi connectivity index (χ3v) is 4.87. The summed E-state index contributed by atoms with van der Waals surface area (Å²) in [6.07, 6.45) is 10.5. The Hall–Kier alpha value is -4.20. The Morgan fingerprint density at radius 3 is 2.74 bits per heavy atom. The number of ether oxygens (including phenoxy) is 1. The SMILES string of the molecule is CN=CC(=CN)c1nccc2cnc(Nc3ccc(-c4cnn(C)c4)cc3OC)cc12. The Bertz CT molecular complexity index is 1290. The highest BCUT2D eigenvalue weighted by atomic mass is 16.5. The Morgan fingerprint density at radius 2 is 2.03 bits per heavy atom. The van der Waals surface area contributed by atoms with E-state index in [9.17, 15) is 0 Å². The molecule has 31 heavy (non-hydrogen) atoms. The van der Waals surface area contributed by atoms with Crippen molar-refractivity contribution in [1.29, 1.82) is 0 Å². The molecule has 0 spiro atoms. The van der Waals surface area contributed by atoms with Crippen molar-refractivity contribution in [3.63, 3.8) is 0 Å². The number of benzene rings is 1. The van der Waals surface area contributed by atoms with Crippen molar-refractivity contribution in [3.8, 4) is 16.9 Å². The van der Waals surface area contributed by atoms with E-state index in [0.717, 1.165) is 38.9 Å². The van der Waals surface area contributed by atoms with Crippen LogP contribution in [0.15, 0.2) is 66.3 Å². The second-order valence-electron chi connectivity index (χ2n) is 6.90. The van der Waals surface area contributed by atoms with E-state index in [2.05, 4.69) is 25.4 Å². The Kier molecular flexibility index (Phi) is 5.61. The molecule has 0 saturated carbocycles. The molecule has 0 amide bonds. The highest BCUT2D eigenvalue weighted by molar-refractivity contribution is 6.13. The number of hydrogen-bond acceptors (Lipinski definition) is 7. The number of aromatic nitrogens is 4. The molecule has 0 atom stereocenters. The van der Waals surface area contributed by atoms with Crippen LogP contribution in [0, 0.1) is 0 Å². The predicted molar refractivity (Wildman–Crippen MR) is 125 cm³/mol. The summed E-state index contributed by atoms with van der Waals surface area (Å²) in [6, 6.07) is 9.81. The van der Waals surface area contributed by atoms with Gasteiger partial charge in [-0.15, -0.1) is 0 Å². The standard InChI is InChI=1S/C23H23N7O/c1-25-11-17(10-24)23-19-9-22(27-12-16(19)6-7-26-23)29-20-5-4-15(8-21(20)31-3)18-13-28-30(2)14-18/h4-14H,24H2,1-3H3,(H,27,29). The van der Waals surface area contributed by atoms with E-state index >= 15 is 0 Å². The largest absolute Gasteiger partial charge is 0.495 e. The summed E-state index contributed by atoms with van der Waals surface area (Å²) in [5.74, 6) is 1.37. The highest BCUT2D eigenvalue weighted by Gasteiger charge is 2.11. The number of hydrogen-bond donors (Lipinski definition) is 2. The van der Waals surface area contributed by atoms with Crippen molar-refractivity contribution in [3.05, 3.63) is 67.0 Å².